The molecule has 9 heteroatoms. The molecule has 1 fully saturated rings. The van der Waals surface area contributed by atoms with Crippen LogP contribution in [0.3, 0.4) is 0 Å². The van der Waals surface area contributed by atoms with Crippen LogP contribution in [0.15, 0.2) is 30.5 Å². The summed E-state index contributed by atoms with van der Waals surface area (Å²) in [6, 6.07) is 6.87. The summed E-state index contributed by atoms with van der Waals surface area (Å²) in [5, 5.41) is 7.25. The zero-order valence-electron chi connectivity index (χ0n) is 13.9. The number of nitrogens with one attached hydrogen (secondary N) is 1. The predicted molar refractivity (Wildman–Crippen MR) is 96.5 cm³/mol. The zero-order chi connectivity index (χ0) is 18.3. The summed E-state index contributed by atoms with van der Waals surface area (Å²) < 4.78 is 1.50. The van der Waals surface area contributed by atoms with Crippen LogP contribution in [0.1, 0.15) is 29.2 Å². The number of hydrogen-bond donors (Lipinski definition) is 1. The van der Waals surface area contributed by atoms with Crippen molar-refractivity contribution in [3.05, 3.63) is 47.0 Å². The van der Waals surface area contributed by atoms with E-state index < -0.39 is 5.91 Å². The number of nitrogens with zero attached hydrogens (tertiary/aromatic N) is 5. The third-order valence-electron chi connectivity index (χ3n) is 4.22. The first-order valence-corrected chi connectivity index (χ1v) is 8.50. The van der Waals surface area contributed by atoms with Crippen LogP contribution in [0.5, 0.6) is 0 Å². The summed E-state index contributed by atoms with van der Waals surface area (Å²) in [6.07, 6.45) is 2.96. The predicted octanol–water partition coefficient (Wildman–Crippen LogP) is 2.47. The van der Waals surface area contributed by atoms with Crippen LogP contribution in [-0.2, 0) is 4.79 Å². The van der Waals surface area contributed by atoms with E-state index in [-0.39, 0.29) is 11.7 Å². The standard InChI is InChI=1S/C17H15ClN6O2/c1-10-6-7-19-17-21-15(22-24(10)17)16(26)20-13-9-11(4-5-12(13)18)23-8-2-3-14(23)25/h4-7,9H,2-3,8H2,1H3,(H,20,26). The number of aryl methyl sites for hydroxylation is 1. The lowest BCUT2D eigenvalue weighted by molar-refractivity contribution is -0.117. The van der Waals surface area contributed by atoms with Crippen LogP contribution >= 0.6 is 11.6 Å². The first kappa shape index (κ1) is 16.5. The Kier molecular flexibility index (Phi) is 4.04. The van der Waals surface area contributed by atoms with E-state index in [0.717, 1.165) is 12.1 Å². The van der Waals surface area contributed by atoms with Crippen molar-refractivity contribution in [2.24, 2.45) is 0 Å². The smallest absolute Gasteiger partial charge is 0.295 e. The Morgan fingerprint density at radius 3 is 2.88 bits per heavy atom. The topological polar surface area (TPSA) is 92.5 Å². The number of hydrogen-bond acceptors (Lipinski definition) is 5. The number of halogens is 1. The van der Waals surface area contributed by atoms with Gasteiger partial charge in [0.2, 0.25) is 11.7 Å². The fourth-order valence-electron chi connectivity index (χ4n) is 2.88. The van der Waals surface area contributed by atoms with Crippen molar-refractivity contribution < 1.29 is 9.59 Å². The average molecular weight is 371 g/mol. The van der Waals surface area contributed by atoms with Gasteiger partial charge < -0.3 is 10.2 Å². The van der Waals surface area contributed by atoms with E-state index in [1.807, 2.05) is 6.92 Å². The monoisotopic (exact) mass is 370 g/mol. The maximum atomic E-state index is 12.5. The second kappa shape index (κ2) is 6.38. The first-order valence-electron chi connectivity index (χ1n) is 8.12. The van der Waals surface area contributed by atoms with Crippen molar-refractivity contribution >= 4 is 40.6 Å². The molecule has 1 aliphatic rings. The van der Waals surface area contributed by atoms with Gasteiger partial charge in [-0.25, -0.2) is 9.50 Å². The molecule has 4 rings (SSSR count). The number of fused-ring (bicyclic) bond motifs is 1. The van der Waals surface area contributed by atoms with Crippen molar-refractivity contribution in [1.82, 2.24) is 19.6 Å². The van der Waals surface area contributed by atoms with Crippen LogP contribution in [0, 0.1) is 6.92 Å². The maximum Gasteiger partial charge on any atom is 0.295 e. The van der Waals surface area contributed by atoms with Gasteiger partial charge in [0.25, 0.3) is 11.7 Å². The molecule has 1 aromatic carbocycles. The van der Waals surface area contributed by atoms with Crippen molar-refractivity contribution in [2.45, 2.75) is 19.8 Å². The maximum absolute atomic E-state index is 12.5. The molecule has 0 aliphatic carbocycles. The van der Waals surface area contributed by atoms with E-state index >= 15 is 0 Å². The van der Waals surface area contributed by atoms with Crippen molar-refractivity contribution in [3.63, 3.8) is 0 Å². The lowest BCUT2D eigenvalue weighted by Crippen LogP contribution is -2.24. The molecule has 26 heavy (non-hydrogen) atoms. The second-order valence-electron chi connectivity index (χ2n) is 6.00. The number of benzene rings is 1. The molecule has 2 amide bonds. The van der Waals surface area contributed by atoms with Crippen molar-refractivity contribution in [3.8, 4) is 0 Å². The van der Waals surface area contributed by atoms with Gasteiger partial charge in [-0.15, -0.1) is 5.10 Å². The third-order valence-corrected chi connectivity index (χ3v) is 4.55. The molecule has 0 saturated carbocycles. The molecule has 0 bridgehead atoms. The van der Waals surface area contributed by atoms with Gasteiger partial charge in [-0.1, -0.05) is 11.6 Å². The van der Waals surface area contributed by atoms with E-state index in [9.17, 15) is 9.59 Å². The SMILES string of the molecule is Cc1ccnc2nc(C(=O)Nc3cc(N4CCCC4=O)ccc3Cl)nn12. The minimum absolute atomic E-state index is 0.00878. The molecule has 3 heterocycles. The third kappa shape index (κ3) is 2.88. The van der Waals surface area contributed by atoms with Crippen LogP contribution in [0.25, 0.3) is 5.78 Å². The van der Waals surface area contributed by atoms with Crippen molar-refractivity contribution in [2.75, 3.05) is 16.8 Å². The summed E-state index contributed by atoms with van der Waals surface area (Å²) in [5.41, 5.74) is 1.92. The highest BCUT2D eigenvalue weighted by molar-refractivity contribution is 6.34. The summed E-state index contributed by atoms with van der Waals surface area (Å²) in [6.45, 7) is 2.51. The first-order chi connectivity index (χ1) is 12.5. The lowest BCUT2D eigenvalue weighted by atomic mass is 10.2. The molecular weight excluding hydrogens is 356 g/mol. The number of rotatable bonds is 3. The van der Waals surface area contributed by atoms with E-state index in [1.54, 1.807) is 35.4 Å². The highest BCUT2D eigenvalue weighted by Gasteiger charge is 2.23. The van der Waals surface area contributed by atoms with Gasteiger partial charge in [-0.05, 0) is 37.6 Å². The van der Waals surface area contributed by atoms with Gasteiger partial charge in [0, 0.05) is 30.5 Å². The number of aromatic nitrogens is 4. The highest BCUT2D eigenvalue weighted by Crippen LogP contribution is 2.30. The Balaban J connectivity index is 1.62. The number of carbonyl (C=O) groups excluding carboxylic acids is 2. The van der Waals surface area contributed by atoms with E-state index in [2.05, 4.69) is 20.4 Å². The molecular formula is C17H15ClN6O2. The van der Waals surface area contributed by atoms with Gasteiger partial charge in [0.05, 0.1) is 10.7 Å². The Hall–Kier alpha value is -3.00. The van der Waals surface area contributed by atoms with Crippen molar-refractivity contribution in [1.29, 1.82) is 0 Å². The lowest BCUT2D eigenvalue weighted by Gasteiger charge is -2.17. The van der Waals surface area contributed by atoms with Gasteiger partial charge in [-0.3, -0.25) is 9.59 Å². The highest BCUT2D eigenvalue weighted by atomic mass is 35.5. The molecule has 0 radical (unpaired) electrons. The van der Waals surface area contributed by atoms with Crippen LogP contribution in [0.4, 0.5) is 11.4 Å². The molecule has 8 nitrogen and oxygen atoms in total. The normalized spacial score (nSPS) is 14.2. The van der Waals surface area contributed by atoms with E-state index in [4.69, 9.17) is 11.6 Å². The fraction of sp³-hybridized carbons (Fsp3) is 0.235. The molecule has 0 unspecified atom stereocenters. The molecule has 1 aliphatic heterocycles. The largest absolute Gasteiger partial charge is 0.318 e. The Morgan fingerprint density at radius 2 is 2.15 bits per heavy atom. The quantitative estimate of drug-likeness (QED) is 0.764. The molecule has 1 saturated heterocycles. The molecule has 0 atom stereocenters. The van der Waals surface area contributed by atoms with Gasteiger partial charge in [0.15, 0.2) is 0 Å². The minimum Gasteiger partial charge on any atom is -0.318 e. The van der Waals surface area contributed by atoms with Crippen LogP contribution in [-0.4, -0.2) is 37.9 Å². The van der Waals surface area contributed by atoms with E-state index in [1.165, 1.54) is 4.52 Å². The summed E-state index contributed by atoms with van der Waals surface area (Å²) in [7, 11) is 0. The Bertz CT molecular complexity index is 1030. The Morgan fingerprint density at radius 1 is 1.31 bits per heavy atom. The Labute approximate surface area is 153 Å². The molecule has 132 valence electrons. The average Bonchev–Trinajstić information content (AvgIpc) is 3.24. The van der Waals surface area contributed by atoms with Crippen LogP contribution < -0.4 is 10.2 Å². The van der Waals surface area contributed by atoms with Crippen LogP contribution in [0.2, 0.25) is 5.02 Å². The van der Waals surface area contributed by atoms with Gasteiger partial charge in [0.1, 0.15) is 0 Å². The number of amides is 2. The zero-order valence-corrected chi connectivity index (χ0v) is 14.7. The second-order valence-corrected chi connectivity index (χ2v) is 6.41. The number of anilines is 2. The number of carbonyl (C=O) groups is 2. The summed E-state index contributed by atoms with van der Waals surface area (Å²) in [4.78, 5) is 34.3. The molecule has 0 spiro atoms. The van der Waals surface area contributed by atoms with Gasteiger partial charge in [-0.2, -0.15) is 4.98 Å². The minimum atomic E-state index is -0.498. The summed E-state index contributed by atoms with van der Waals surface area (Å²) >= 11 is 6.20. The van der Waals surface area contributed by atoms with Gasteiger partial charge >= 0.3 is 0 Å². The molecule has 3 aromatic rings. The molecule has 1 N–H and O–H groups in total. The molecule has 2 aromatic heterocycles. The van der Waals surface area contributed by atoms with E-state index in [0.29, 0.717) is 35.1 Å². The fourth-order valence-corrected chi connectivity index (χ4v) is 3.04. The summed E-state index contributed by atoms with van der Waals surface area (Å²) in [5.74, 6) is -0.0990.